The summed E-state index contributed by atoms with van der Waals surface area (Å²) >= 11 is 0. The lowest BCUT2D eigenvalue weighted by atomic mass is 9.94. The highest BCUT2D eigenvalue weighted by atomic mass is 16.4. The largest absolute Gasteiger partial charge is 0.424 e. The van der Waals surface area contributed by atoms with Gasteiger partial charge < -0.3 is 9.32 Å². The first-order chi connectivity index (χ1) is 9.77. The van der Waals surface area contributed by atoms with Crippen LogP contribution in [-0.4, -0.2) is 52.1 Å². The molecule has 2 rings (SSSR count). The zero-order chi connectivity index (χ0) is 15.6. The minimum absolute atomic E-state index is 0.224. The van der Waals surface area contributed by atoms with E-state index in [1.54, 1.807) is 0 Å². The summed E-state index contributed by atoms with van der Waals surface area (Å²) in [6.07, 6.45) is 0. The van der Waals surface area contributed by atoms with Gasteiger partial charge in [-0.3, -0.25) is 9.69 Å². The van der Waals surface area contributed by atoms with Crippen LogP contribution in [0.5, 0.6) is 0 Å². The Morgan fingerprint density at radius 2 is 1.81 bits per heavy atom. The summed E-state index contributed by atoms with van der Waals surface area (Å²) in [5, 5.41) is 8.13. The number of rotatable bonds is 3. The van der Waals surface area contributed by atoms with Gasteiger partial charge in [-0.15, -0.1) is 10.2 Å². The molecule has 2 heterocycles. The van der Waals surface area contributed by atoms with Crippen LogP contribution in [0.4, 0.5) is 0 Å². The quantitative estimate of drug-likeness (QED) is 0.852. The van der Waals surface area contributed by atoms with Crippen LogP contribution in [0.2, 0.25) is 0 Å². The Morgan fingerprint density at radius 1 is 1.19 bits per heavy atom. The Balaban J connectivity index is 1.85. The van der Waals surface area contributed by atoms with Crippen LogP contribution in [0.25, 0.3) is 0 Å². The fourth-order valence-electron chi connectivity index (χ4n) is 2.34. The third-order valence-corrected chi connectivity index (χ3v) is 3.64. The van der Waals surface area contributed by atoms with Gasteiger partial charge in [-0.2, -0.15) is 0 Å². The molecule has 0 N–H and O–H groups in total. The molecular formula is C15H26N4O2. The molecule has 6 heteroatoms. The van der Waals surface area contributed by atoms with Crippen molar-refractivity contribution in [3.05, 3.63) is 11.8 Å². The second-order valence-electron chi connectivity index (χ2n) is 7.01. The van der Waals surface area contributed by atoms with Crippen LogP contribution in [-0.2, 0) is 11.3 Å². The smallest absolute Gasteiger partial charge is 0.230 e. The Bertz CT molecular complexity index is 482. The van der Waals surface area contributed by atoms with Crippen molar-refractivity contribution in [2.45, 2.75) is 47.1 Å². The lowest BCUT2D eigenvalue weighted by Crippen LogP contribution is -2.51. The number of hydrogen-bond donors (Lipinski definition) is 0. The van der Waals surface area contributed by atoms with Gasteiger partial charge in [0, 0.05) is 37.5 Å². The second-order valence-corrected chi connectivity index (χ2v) is 7.01. The zero-order valence-electron chi connectivity index (χ0n) is 13.7. The summed E-state index contributed by atoms with van der Waals surface area (Å²) in [6.45, 7) is 13.9. The molecule has 1 saturated heterocycles. The Morgan fingerprint density at radius 3 is 2.29 bits per heavy atom. The van der Waals surface area contributed by atoms with E-state index in [1.807, 2.05) is 39.5 Å². The Hall–Kier alpha value is -1.43. The van der Waals surface area contributed by atoms with E-state index in [0.29, 0.717) is 18.3 Å². The normalized spacial score (nSPS) is 17.5. The predicted molar refractivity (Wildman–Crippen MR) is 79.7 cm³/mol. The average Bonchev–Trinajstić information content (AvgIpc) is 2.86. The number of carbonyl (C=O) groups is 1. The maximum Gasteiger partial charge on any atom is 0.230 e. The van der Waals surface area contributed by atoms with Crippen LogP contribution >= 0.6 is 0 Å². The molecule has 0 saturated carbocycles. The molecule has 0 radical (unpaired) electrons. The molecule has 1 amide bonds. The average molecular weight is 294 g/mol. The first-order valence-electron chi connectivity index (χ1n) is 7.61. The monoisotopic (exact) mass is 294 g/mol. The minimum Gasteiger partial charge on any atom is -0.424 e. The fraction of sp³-hybridized carbons (Fsp3) is 0.800. The van der Waals surface area contributed by atoms with E-state index in [0.717, 1.165) is 26.2 Å². The lowest BCUT2D eigenvalue weighted by Gasteiger charge is -2.37. The molecule has 1 aliphatic rings. The summed E-state index contributed by atoms with van der Waals surface area (Å²) in [5.74, 6) is 1.83. The molecule has 1 aromatic heterocycles. The molecule has 1 fully saturated rings. The van der Waals surface area contributed by atoms with Crippen LogP contribution in [0.1, 0.15) is 52.3 Å². The van der Waals surface area contributed by atoms with E-state index in [2.05, 4.69) is 15.1 Å². The second kappa shape index (κ2) is 6.13. The van der Waals surface area contributed by atoms with Gasteiger partial charge in [-0.1, -0.05) is 34.6 Å². The van der Waals surface area contributed by atoms with Crippen molar-refractivity contribution in [2.24, 2.45) is 5.41 Å². The van der Waals surface area contributed by atoms with E-state index >= 15 is 0 Å². The highest BCUT2D eigenvalue weighted by Crippen LogP contribution is 2.19. The molecule has 0 aliphatic carbocycles. The van der Waals surface area contributed by atoms with Gasteiger partial charge in [-0.25, -0.2) is 0 Å². The van der Waals surface area contributed by atoms with Crippen molar-refractivity contribution < 1.29 is 9.21 Å². The summed E-state index contributed by atoms with van der Waals surface area (Å²) in [7, 11) is 0. The topological polar surface area (TPSA) is 62.5 Å². The van der Waals surface area contributed by atoms with Gasteiger partial charge in [0.15, 0.2) is 0 Å². The highest BCUT2D eigenvalue weighted by molar-refractivity contribution is 5.81. The molecular weight excluding hydrogens is 268 g/mol. The molecule has 0 spiro atoms. The highest BCUT2D eigenvalue weighted by Gasteiger charge is 2.30. The first kappa shape index (κ1) is 15.9. The lowest BCUT2D eigenvalue weighted by molar-refractivity contribution is -0.141. The number of amides is 1. The molecule has 21 heavy (non-hydrogen) atoms. The van der Waals surface area contributed by atoms with Crippen molar-refractivity contribution in [1.82, 2.24) is 20.0 Å². The summed E-state index contributed by atoms with van der Waals surface area (Å²) in [6, 6.07) is 0. The van der Waals surface area contributed by atoms with Crippen LogP contribution < -0.4 is 0 Å². The van der Waals surface area contributed by atoms with Gasteiger partial charge in [0.05, 0.1) is 6.54 Å². The predicted octanol–water partition coefficient (Wildman–Crippen LogP) is 1.88. The molecule has 0 bridgehead atoms. The van der Waals surface area contributed by atoms with Gasteiger partial charge in [0.25, 0.3) is 0 Å². The number of hydrogen-bond acceptors (Lipinski definition) is 5. The zero-order valence-corrected chi connectivity index (χ0v) is 13.7. The van der Waals surface area contributed by atoms with E-state index in [9.17, 15) is 4.79 Å². The van der Waals surface area contributed by atoms with Crippen LogP contribution in [0, 0.1) is 5.41 Å². The maximum absolute atomic E-state index is 12.2. The van der Waals surface area contributed by atoms with E-state index in [4.69, 9.17) is 4.42 Å². The van der Waals surface area contributed by atoms with Crippen LogP contribution in [0.15, 0.2) is 4.42 Å². The third-order valence-electron chi connectivity index (χ3n) is 3.64. The number of aromatic nitrogens is 2. The van der Waals surface area contributed by atoms with E-state index in [1.165, 1.54) is 0 Å². The molecule has 0 unspecified atom stereocenters. The van der Waals surface area contributed by atoms with Crippen molar-refractivity contribution >= 4 is 5.91 Å². The molecule has 0 aromatic carbocycles. The van der Waals surface area contributed by atoms with Crippen molar-refractivity contribution in [1.29, 1.82) is 0 Å². The molecule has 1 aliphatic heterocycles. The molecule has 118 valence electrons. The molecule has 6 nitrogen and oxygen atoms in total. The third kappa shape index (κ3) is 4.03. The summed E-state index contributed by atoms with van der Waals surface area (Å²) < 4.78 is 5.63. The fourth-order valence-corrected chi connectivity index (χ4v) is 2.34. The summed E-state index contributed by atoms with van der Waals surface area (Å²) in [5.41, 5.74) is -0.305. The molecule has 0 atom stereocenters. The van der Waals surface area contributed by atoms with Gasteiger partial charge in [-0.05, 0) is 0 Å². The standard InChI is InChI=1S/C15H26N4O2/c1-11(2)13-17-16-12(21-13)10-18-6-8-19(9-7-18)14(20)15(3,4)5/h11H,6-10H2,1-5H3. The van der Waals surface area contributed by atoms with Crippen LogP contribution in [0.3, 0.4) is 0 Å². The number of carbonyl (C=O) groups excluding carboxylic acids is 1. The van der Waals surface area contributed by atoms with E-state index < -0.39 is 0 Å². The minimum atomic E-state index is -0.305. The molecule has 1 aromatic rings. The Kier molecular flexibility index (Phi) is 4.66. The van der Waals surface area contributed by atoms with Gasteiger partial charge in [0.1, 0.15) is 0 Å². The summed E-state index contributed by atoms with van der Waals surface area (Å²) in [4.78, 5) is 16.4. The van der Waals surface area contributed by atoms with Crippen molar-refractivity contribution in [3.8, 4) is 0 Å². The SMILES string of the molecule is CC(C)c1nnc(CN2CCN(C(=O)C(C)(C)C)CC2)o1. The van der Waals surface area contributed by atoms with E-state index in [-0.39, 0.29) is 17.2 Å². The first-order valence-corrected chi connectivity index (χ1v) is 7.61. The number of piperazine rings is 1. The van der Waals surface area contributed by atoms with Crippen molar-refractivity contribution in [2.75, 3.05) is 26.2 Å². The Labute approximate surface area is 126 Å². The van der Waals surface area contributed by atoms with Gasteiger partial charge in [0.2, 0.25) is 17.7 Å². The number of nitrogens with zero attached hydrogens (tertiary/aromatic N) is 4. The van der Waals surface area contributed by atoms with Gasteiger partial charge >= 0.3 is 0 Å². The maximum atomic E-state index is 12.2. The van der Waals surface area contributed by atoms with Crippen molar-refractivity contribution in [3.63, 3.8) is 0 Å².